The number of halogens is 2. The SMILES string of the molecule is CCc1cc(Cl)c(S(=O)(=O)O)cc1N=Nc1c(O)c(C(=O)Nc2ccc(OC)cc2Cl)cc2ccccc12. The van der Waals surface area contributed by atoms with Gasteiger partial charge in [0.15, 0.2) is 5.75 Å². The molecule has 0 saturated heterocycles. The van der Waals surface area contributed by atoms with E-state index in [4.69, 9.17) is 27.9 Å². The summed E-state index contributed by atoms with van der Waals surface area (Å²) in [7, 11) is -3.13. The number of carbonyl (C=O) groups excluding carboxylic acids is 1. The first-order valence-corrected chi connectivity index (χ1v) is 13.3. The Hall–Kier alpha value is -3.70. The lowest BCUT2D eigenvalue weighted by Crippen LogP contribution is -2.12. The van der Waals surface area contributed by atoms with Crippen molar-refractivity contribution in [3.63, 3.8) is 0 Å². The summed E-state index contributed by atoms with van der Waals surface area (Å²) in [6.07, 6.45) is 0.428. The van der Waals surface area contributed by atoms with Crippen molar-refractivity contribution in [1.29, 1.82) is 0 Å². The first kappa shape index (κ1) is 27.3. The Morgan fingerprint density at radius 3 is 2.42 bits per heavy atom. The van der Waals surface area contributed by atoms with Gasteiger partial charge in [0.25, 0.3) is 16.0 Å². The third-order valence-corrected chi connectivity index (χ3v) is 7.35. The van der Waals surface area contributed by atoms with E-state index in [-0.39, 0.29) is 27.0 Å². The Kier molecular flexibility index (Phi) is 7.89. The highest BCUT2D eigenvalue weighted by molar-refractivity contribution is 7.86. The van der Waals surface area contributed by atoms with Crippen LogP contribution in [0.4, 0.5) is 17.1 Å². The maximum atomic E-state index is 13.2. The van der Waals surface area contributed by atoms with Crippen LogP contribution in [0, 0.1) is 0 Å². The number of aryl methyl sites for hydroxylation is 1. The molecule has 0 radical (unpaired) electrons. The molecule has 0 heterocycles. The zero-order valence-corrected chi connectivity index (χ0v) is 22.4. The van der Waals surface area contributed by atoms with Crippen LogP contribution in [0.3, 0.4) is 0 Å². The van der Waals surface area contributed by atoms with Crippen molar-refractivity contribution in [2.45, 2.75) is 18.2 Å². The van der Waals surface area contributed by atoms with Crippen LogP contribution in [0.5, 0.6) is 11.5 Å². The number of phenolic OH excluding ortho intramolecular Hbond substituents is 1. The Bertz CT molecular complexity index is 1710. The fraction of sp³-hybridized carbons (Fsp3) is 0.115. The van der Waals surface area contributed by atoms with Crippen molar-refractivity contribution < 1.29 is 27.6 Å². The molecule has 0 aliphatic rings. The number of anilines is 1. The van der Waals surface area contributed by atoms with Gasteiger partial charge in [0.05, 0.1) is 34.1 Å². The molecular weight excluding hydrogens is 553 g/mol. The Labute approximate surface area is 228 Å². The van der Waals surface area contributed by atoms with Gasteiger partial charge in [-0.3, -0.25) is 9.35 Å². The first-order chi connectivity index (χ1) is 18.0. The number of benzene rings is 4. The first-order valence-electron chi connectivity index (χ1n) is 11.1. The summed E-state index contributed by atoms with van der Waals surface area (Å²) in [5.74, 6) is -0.585. The second-order valence-corrected chi connectivity index (χ2v) is 10.3. The summed E-state index contributed by atoms with van der Waals surface area (Å²) in [6, 6.07) is 15.6. The number of hydrogen-bond acceptors (Lipinski definition) is 7. The summed E-state index contributed by atoms with van der Waals surface area (Å²) in [6.45, 7) is 1.81. The van der Waals surface area contributed by atoms with E-state index < -0.39 is 26.7 Å². The Balaban J connectivity index is 1.81. The van der Waals surface area contributed by atoms with Crippen LogP contribution in [0.15, 0.2) is 75.8 Å². The molecule has 0 fully saturated rings. The smallest absolute Gasteiger partial charge is 0.296 e. The molecule has 1 amide bonds. The topological polar surface area (TPSA) is 138 Å². The minimum Gasteiger partial charge on any atom is -0.505 e. The third kappa shape index (κ3) is 5.58. The van der Waals surface area contributed by atoms with Crippen molar-refractivity contribution in [2.75, 3.05) is 12.4 Å². The van der Waals surface area contributed by atoms with E-state index in [9.17, 15) is 22.9 Å². The number of methoxy groups -OCH3 is 1. The minimum atomic E-state index is -4.62. The van der Waals surface area contributed by atoms with Crippen molar-refractivity contribution in [3.05, 3.63) is 81.8 Å². The number of ether oxygens (including phenoxy) is 1. The second kappa shape index (κ2) is 11.0. The number of hydrogen-bond donors (Lipinski definition) is 3. The molecule has 0 aliphatic carbocycles. The third-order valence-electron chi connectivity index (χ3n) is 5.71. The molecule has 4 rings (SSSR count). The van der Waals surface area contributed by atoms with Gasteiger partial charge in [0, 0.05) is 11.5 Å². The Morgan fingerprint density at radius 2 is 1.76 bits per heavy atom. The van der Waals surface area contributed by atoms with Crippen molar-refractivity contribution >= 4 is 67.1 Å². The zero-order chi connectivity index (χ0) is 27.6. The molecule has 0 atom stereocenters. The lowest BCUT2D eigenvalue weighted by atomic mass is 10.0. The van der Waals surface area contributed by atoms with E-state index in [2.05, 4.69) is 15.5 Å². The molecule has 196 valence electrons. The predicted octanol–water partition coefficient (Wildman–Crippen LogP) is 7.34. The predicted molar refractivity (Wildman–Crippen MR) is 146 cm³/mol. The lowest BCUT2D eigenvalue weighted by Gasteiger charge is -2.13. The quantitative estimate of drug-likeness (QED) is 0.156. The standard InChI is InChI=1S/C26H21Cl2N3O6S/c1-3-14-11-20(28)23(38(34,35)36)13-22(14)30-31-24-17-7-5-4-6-15(17)10-18(25(24)32)26(33)29-21-9-8-16(37-2)12-19(21)27/h4-13,32H,3H2,1-2H3,(H,29,33)(H,34,35,36). The van der Waals surface area contributed by atoms with E-state index >= 15 is 0 Å². The van der Waals surface area contributed by atoms with Gasteiger partial charge in [-0.05, 0) is 47.7 Å². The molecule has 0 aromatic heterocycles. The molecule has 4 aromatic rings. The molecule has 38 heavy (non-hydrogen) atoms. The number of phenols is 1. The number of nitrogens with zero attached hydrogens (tertiary/aromatic N) is 2. The van der Waals surface area contributed by atoms with Crippen LogP contribution in [0.25, 0.3) is 10.8 Å². The number of rotatable bonds is 7. The summed E-state index contributed by atoms with van der Waals surface area (Å²) in [4.78, 5) is 12.6. The molecule has 0 aliphatic heterocycles. The fourth-order valence-electron chi connectivity index (χ4n) is 3.77. The molecule has 12 heteroatoms. The number of carbonyl (C=O) groups is 1. The van der Waals surface area contributed by atoms with Gasteiger partial charge in [-0.25, -0.2) is 0 Å². The maximum absolute atomic E-state index is 13.2. The molecule has 9 nitrogen and oxygen atoms in total. The van der Waals surface area contributed by atoms with Crippen LogP contribution in [0.2, 0.25) is 10.0 Å². The summed E-state index contributed by atoms with van der Waals surface area (Å²) in [5.41, 5.74) is 0.875. The van der Waals surface area contributed by atoms with E-state index in [0.29, 0.717) is 34.2 Å². The van der Waals surface area contributed by atoms with E-state index in [1.165, 1.54) is 25.3 Å². The lowest BCUT2D eigenvalue weighted by molar-refractivity contribution is 0.102. The van der Waals surface area contributed by atoms with Crippen LogP contribution < -0.4 is 10.1 Å². The van der Waals surface area contributed by atoms with Gasteiger partial charge >= 0.3 is 0 Å². The average Bonchev–Trinajstić information content (AvgIpc) is 2.88. The van der Waals surface area contributed by atoms with E-state index in [1.807, 2.05) is 0 Å². The van der Waals surface area contributed by atoms with Crippen molar-refractivity contribution in [3.8, 4) is 11.5 Å². The molecule has 4 aromatic carbocycles. The van der Waals surface area contributed by atoms with Crippen LogP contribution in [-0.4, -0.2) is 31.1 Å². The highest BCUT2D eigenvalue weighted by atomic mass is 35.5. The van der Waals surface area contributed by atoms with Gasteiger partial charge < -0.3 is 15.2 Å². The highest BCUT2D eigenvalue weighted by Gasteiger charge is 2.21. The molecule has 0 saturated carbocycles. The Morgan fingerprint density at radius 1 is 1.03 bits per heavy atom. The van der Waals surface area contributed by atoms with Gasteiger partial charge in [0.2, 0.25) is 0 Å². The van der Waals surface area contributed by atoms with Crippen LogP contribution in [-0.2, 0) is 16.5 Å². The highest BCUT2D eigenvalue weighted by Crippen LogP contribution is 2.41. The van der Waals surface area contributed by atoms with Gasteiger partial charge in [-0.15, -0.1) is 5.11 Å². The molecule has 0 bridgehead atoms. The normalized spacial score (nSPS) is 11.7. The number of nitrogens with one attached hydrogen (secondary N) is 1. The largest absolute Gasteiger partial charge is 0.505 e. The second-order valence-electron chi connectivity index (χ2n) is 8.08. The van der Waals surface area contributed by atoms with Crippen molar-refractivity contribution in [2.24, 2.45) is 10.2 Å². The van der Waals surface area contributed by atoms with Gasteiger partial charge in [-0.2, -0.15) is 13.5 Å². The molecule has 3 N–H and O–H groups in total. The van der Waals surface area contributed by atoms with Gasteiger partial charge in [-0.1, -0.05) is 54.4 Å². The number of fused-ring (bicyclic) bond motifs is 1. The van der Waals surface area contributed by atoms with Crippen LogP contribution >= 0.6 is 23.2 Å². The fourth-order valence-corrected chi connectivity index (χ4v) is 5.03. The molecular formula is C26H21Cl2N3O6S. The summed E-state index contributed by atoms with van der Waals surface area (Å²) < 4.78 is 38.1. The summed E-state index contributed by atoms with van der Waals surface area (Å²) in [5, 5.41) is 23.3. The number of amides is 1. The molecule has 0 unspecified atom stereocenters. The summed E-state index contributed by atoms with van der Waals surface area (Å²) >= 11 is 12.3. The van der Waals surface area contributed by atoms with E-state index in [1.54, 1.807) is 43.3 Å². The van der Waals surface area contributed by atoms with Gasteiger partial charge in [0.1, 0.15) is 16.3 Å². The minimum absolute atomic E-state index is 0.0144. The van der Waals surface area contributed by atoms with Crippen molar-refractivity contribution in [1.82, 2.24) is 0 Å². The molecule has 0 spiro atoms. The number of aromatic hydroxyl groups is 1. The van der Waals surface area contributed by atoms with E-state index in [0.717, 1.165) is 6.07 Å². The zero-order valence-electron chi connectivity index (χ0n) is 20.1. The maximum Gasteiger partial charge on any atom is 0.296 e. The monoisotopic (exact) mass is 573 g/mol. The number of azo groups is 1. The average molecular weight is 574 g/mol. The van der Waals surface area contributed by atoms with Crippen LogP contribution in [0.1, 0.15) is 22.8 Å².